The average molecular weight is 507 g/mol. The first kappa shape index (κ1) is 24.3. The second kappa shape index (κ2) is 11.1. The van der Waals surface area contributed by atoms with Crippen LogP contribution in [-0.4, -0.2) is 59.1 Å². The first-order valence-electron chi connectivity index (χ1n) is 10.5. The summed E-state index contributed by atoms with van der Waals surface area (Å²) in [6.07, 6.45) is 7.42. The molecule has 0 unspecified atom stereocenters. The van der Waals surface area contributed by atoms with Crippen LogP contribution in [0.5, 0.6) is 0 Å². The van der Waals surface area contributed by atoms with Gasteiger partial charge in [0.2, 0.25) is 11.8 Å². The van der Waals surface area contributed by atoms with Gasteiger partial charge in [0.05, 0.1) is 23.3 Å². The zero-order chi connectivity index (χ0) is 25.5. The van der Waals surface area contributed by atoms with E-state index in [-0.39, 0.29) is 12.0 Å². The van der Waals surface area contributed by atoms with E-state index in [1.165, 1.54) is 53.8 Å². The molecule has 0 bridgehead atoms. The first-order valence-corrected chi connectivity index (χ1v) is 10.9. The minimum atomic E-state index is -1.08. The van der Waals surface area contributed by atoms with Crippen LogP contribution in [-0.2, 0) is 16.0 Å². The standard InChI is InChI=1S/C23H19ClN8O4/c24-16-4-7-20(32-13-27-30-31-32)15(9-16)3-8-21(33)29-19(10-18-11-25-12-26-18)22(34)28-17-5-1-14(2-6-17)23(35)36/h1-9,11-13,19H,10H2,(H,25,26)(H,28,34)(H,29,33)(H,35,36)/b8-3+/t19-/m0/s1. The van der Waals surface area contributed by atoms with E-state index < -0.39 is 23.8 Å². The number of anilines is 1. The van der Waals surface area contributed by atoms with Gasteiger partial charge in [0, 0.05) is 35.0 Å². The van der Waals surface area contributed by atoms with Gasteiger partial charge in [-0.3, -0.25) is 9.59 Å². The monoisotopic (exact) mass is 506 g/mol. The lowest BCUT2D eigenvalue weighted by Crippen LogP contribution is -2.44. The van der Waals surface area contributed by atoms with E-state index in [0.29, 0.717) is 27.7 Å². The number of hydrogen-bond acceptors (Lipinski definition) is 7. The molecule has 0 spiro atoms. The first-order chi connectivity index (χ1) is 17.4. The molecule has 2 heterocycles. The molecule has 36 heavy (non-hydrogen) atoms. The Bertz CT molecular complexity index is 1390. The fraction of sp³-hybridized carbons (Fsp3) is 0.0870. The number of aromatic amines is 1. The molecule has 182 valence electrons. The Morgan fingerprint density at radius 2 is 1.97 bits per heavy atom. The van der Waals surface area contributed by atoms with Gasteiger partial charge in [-0.2, -0.15) is 4.68 Å². The third-order valence-electron chi connectivity index (χ3n) is 5.00. The number of hydrogen-bond donors (Lipinski definition) is 4. The highest BCUT2D eigenvalue weighted by atomic mass is 35.5. The predicted molar refractivity (Wildman–Crippen MR) is 129 cm³/mol. The van der Waals surface area contributed by atoms with Crippen molar-refractivity contribution in [1.29, 1.82) is 0 Å². The van der Waals surface area contributed by atoms with Gasteiger partial charge in [0.25, 0.3) is 0 Å². The van der Waals surface area contributed by atoms with Crippen LogP contribution < -0.4 is 10.6 Å². The Labute approximate surface area is 209 Å². The molecular weight excluding hydrogens is 488 g/mol. The highest BCUT2D eigenvalue weighted by Crippen LogP contribution is 2.20. The zero-order valence-electron chi connectivity index (χ0n) is 18.5. The molecule has 0 aliphatic rings. The number of nitrogens with one attached hydrogen (secondary N) is 3. The van der Waals surface area contributed by atoms with Crippen molar-refractivity contribution in [1.82, 2.24) is 35.5 Å². The lowest BCUT2D eigenvalue weighted by molar-refractivity contribution is -0.123. The number of amides is 2. The summed E-state index contributed by atoms with van der Waals surface area (Å²) in [6, 6.07) is 9.73. The number of aromatic nitrogens is 6. The molecule has 1 atom stereocenters. The van der Waals surface area contributed by atoms with Gasteiger partial charge >= 0.3 is 5.97 Å². The van der Waals surface area contributed by atoms with Crippen molar-refractivity contribution >= 4 is 41.1 Å². The number of H-pyrrole nitrogens is 1. The maximum atomic E-state index is 13.0. The highest BCUT2D eigenvalue weighted by Gasteiger charge is 2.22. The smallest absolute Gasteiger partial charge is 0.335 e. The molecule has 0 aliphatic carbocycles. The van der Waals surface area contributed by atoms with Crippen molar-refractivity contribution in [3.8, 4) is 5.69 Å². The van der Waals surface area contributed by atoms with Crippen molar-refractivity contribution in [2.45, 2.75) is 12.5 Å². The number of carboxylic acids is 1. The second-order valence-corrected chi connectivity index (χ2v) is 7.92. The molecule has 4 N–H and O–H groups in total. The third-order valence-corrected chi connectivity index (χ3v) is 5.24. The normalized spacial score (nSPS) is 11.8. The summed E-state index contributed by atoms with van der Waals surface area (Å²) < 4.78 is 1.43. The molecule has 0 aliphatic heterocycles. The SMILES string of the molecule is O=C(/C=C/c1cc(Cl)ccc1-n1cnnn1)N[C@@H](Cc1c[nH]cn1)C(=O)Nc1ccc(C(=O)O)cc1. The fourth-order valence-corrected chi connectivity index (χ4v) is 3.45. The summed E-state index contributed by atoms with van der Waals surface area (Å²) in [7, 11) is 0. The molecule has 2 amide bonds. The molecule has 0 saturated carbocycles. The van der Waals surface area contributed by atoms with Crippen molar-refractivity contribution < 1.29 is 19.5 Å². The number of benzene rings is 2. The molecule has 0 saturated heterocycles. The van der Waals surface area contributed by atoms with E-state index in [4.69, 9.17) is 16.7 Å². The third kappa shape index (κ3) is 6.18. The van der Waals surface area contributed by atoms with Gasteiger partial charge in [0.1, 0.15) is 12.4 Å². The molecular formula is C23H19ClN8O4. The van der Waals surface area contributed by atoms with Crippen LogP contribution in [0, 0.1) is 0 Å². The number of carbonyl (C=O) groups is 3. The number of aromatic carboxylic acids is 1. The maximum Gasteiger partial charge on any atom is 0.335 e. The number of carbonyl (C=O) groups excluding carboxylic acids is 2. The van der Waals surface area contributed by atoms with Crippen molar-refractivity contribution in [2.24, 2.45) is 0 Å². The molecule has 0 radical (unpaired) electrons. The summed E-state index contributed by atoms with van der Waals surface area (Å²) in [5.74, 6) is -2.11. The van der Waals surface area contributed by atoms with Gasteiger partial charge in [-0.05, 0) is 59.0 Å². The summed E-state index contributed by atoms with van der Waals surface area (Å²) >= 11 is 6.11. The van der Waals surface area contributed by atoms with Crippen LogP contribution in [0.15, 0.2) is 67.4 Å². The van der Waals surface area contributed by atoms with Crippen LogP contribution in [0.1, 0.15) is 21.6 Å². The molecule has 4 rings (SSSR count). The van der Waals surface area contributed by atoms with Gasteiger partial charge in [-0.15, -0.1) is 5.10 Å². The number of halogens is 1. The van der Waals surface area contributed by atoms with E-state index >= 15 is 0 Å². The number of carboxylic acid groups (broad SMARTS) is 1. The lowest BCUT2D eigenvalue weighted by atomic mass is 10.1. The van der Waals surface area contributed by atoms with Gasteiger partial charge in [-0.25, -0.2) is 9.78 Å². The Hall–Kier alpha value is -4.84. The van der Waals surface area contributed by atoms with Crippen molar-refractivity contribution in [2.75, 3.05) is 5.32 Å². The topological polar surface area (TPSA) is 168 Å². The maximum absolute atomic E-state index is 13.0. The number of rotatable bonds is 9. The fourth-order valence-electron chi connectivity index (χ4n) is 3.27. The molecule has 0 fully saturated rings. The van der Waals surface area contributed by atoms with Gasteiger partial charge < -0.3 is 20.7 Å². The molecule has 13 heteroatoms. The van der Waals surface area contributed by atoms with E-state index in [1.807, 2.05) is 0 Å². The largest absolute Gasteiger partial charge is 0.478 e. The quantitative estimate of drug-likeness (QED) is 0.250. The minimum absolute atomic E-state index is 0.0848. The Balaban J connectivity index is 1.50. The molecule has 12 nitrogen and oxygen atoms in total. The molecule has 4 aromatic rings. The number of tetrazole rings is 1. The number of nitrogens with zero attached hydrogens (tertiary/aromatic N) is 5. The average Bonchev–Trinajstić information content (AvgIpc) is 3.57. The van der Waals surface area contributed by atoms with Crippen LogP contribution in [0.25, 0.3) is 11.8 Å². The zero-order valence-corrected chi connectivity index (χ0v) is 19.3. The highest BCUT2D eigenvalue weighted by molar-refractivity contribution is 6.30. The van der Waals surface area contributed by atoms with Crippen LogP contribution in [0.3, 0.4) is 0 Å². The lowest BCUT2D eigenvalue weighted by Gasteiger charge is -2.17. The Morgan fingerprint density at radius 3 is 2.64 bits per heavy atom. The number of imidazole rings is 1. The molecule has 2 aromatic heterocycles. The summed E-state index contributed by atoms with van der Waals surface area (Å²) in [4.78, 5) is 43.7. The summed E-state index contributed by atoms with van der Waals surface area (Å²) in [6.45, 7) is 0. The Kier molecular flexibility index (Phi) is 7.46. The molecule has 2 aromatic carbocycles. The van der Waals surface area contributed by atoms with Gasteiger partial charge in [0.15, 0.2) is 0 Å². The predicted octanol–water partition coefficient (Wildman–Crippen LogP) is 2.12. The van der Waals surface area contributed by atoms with E-state index in [0.717, 1.165) is 0 Å². The van der Waals surface area contributed by atoms with Gasteiger partial charge in [-0.1, -0.05) is 11.6 Å². The minimum Gasteiger partial charge on any atom is -0.478 e. The Morgan fingerprint density at radius 1 is 1.17 bits per heavy atom. The summed E-state index contributed by atoms with van der Waals surface area (Å²) in [5, 5.41) is 25.9. The van der Waals surface area contributed by atoms with E-state index in [2.05, 4.69) is 36.1 Å². The van der Waals surface area contributed by atoms with Crippen LogP contribution in [0.2, 0.25) is 5.02 Å². The van der Waals surface area contributed by atoms with Crippen molar-refractivity contribution in [3.05, 3.63) is 89.2 Å². The van der Waals surface area contributed by atoms with Crippen LogP contribution >= 0.6 is 11.6 Å². The summed E-state index contributed by atoms with van der Waals surface area (Å²) in [5.41, 5.74) is 2.21. The van der Waals surface area contributed by atoms with Crippen molar-refractivity contribution in [3.63, 3.8) is 0 Å². The van der Waals surface area contributed by atoms with E-state index in [1.54, 1.807) is 24.4 Å². The van der Waals surface area contributed by atoms with E-state index in [9.17, 15) is 14.4 Å². The van der Waals surface area contributed by atoms with Crippen LogP contribution in [0.4, 0.5) is 5.69 Å². The second-order valence-electron chi connectivity index (χ2n) is 7.49.